The van der Waals surface area contributed by atoms with E-state index in [0.29, 0.717) is 12.3 Å². The van der Waals surface area contributed by atoms with Gasteiger partial charge in [0.1, 0.15) is 0 Å². The Morgan fingerprint density at radius 2 is 1.87 bits per heavy atom. The zero-order valence-electron chi connectivity index (χ0n) is 9.24. The lowest BCUT2D eigenvalue weighted by Gasteiger charge is -2.12. The molecule has 0 unspecified atom stereocenters. The molecule has 0 amide bonds. The normalized spacial score (nSPS) is 12.3. The molecule has 15 heavy (non-hydrogen) atoms. The first-order chi connectivity index (χ1) is 6.65. The molecule has 0 saturated carbocycles. The minimum absolute atomic E-state index is 0. The number of hydrogen-bond acceptors (Lipinski definition) is 1. The van der Waals surface area contributed by atoms with Gasteiger partial charge in [-0.05, 0) is 23.5 Å². The Kier molecular flexibility index (Phi) is 6.53. The van der Waals surface area contributed by atoms with Crippen LogP contribution in [-0.4, -0.2) is 6.67 Å². The first-order valence-electron chi connectivity index (χ1n) is 5.06. The highest BCUT2D eigenvalue weighted by Crippen LogP contribution is 2.20. The Morgan fingerprint density at radius 1 is 1.27 bits per heavy atom. The maximum absolute atomic E-state index is 12.1. The first-order valence-corrected chi connectivity index (χ1v) is 5.06. The molecule has 0 aliphatic heterocycles. The van der Waals surface area contributed by atoms with Crippen LogP contribution in [0, 0.1) is 0 Å². The topological polar surface area (TPSA) is 26.0 Å². The fraction of sp³-hybridized carbons (Fsp3) is 0.500. The van der Waals surface area contributed by atoms with Gasteiger partial charge in [-0.25, -0.2) is 0 Å². The number of nitrogens with two attached hydrogens (primary N) is 1. The number of halogens is 2. The van der Waals surface area contributed by atoms with Gasteiger partial charge in [0.25, 0.3) is 0 Å². The summed E-state index contributed by atoms with van der Waals surface area (Å²) in [6.07, 6.45) is 0.404. The Hall–Kier alpha value is -0.600. The van der Waals surface area contributed by atoms with Crippen molar-refractivity contribution in [1.29, 1.82) is 0 Å². The summed E-state index contributed by atoms with van der Waals surface area (Å²) in [6.45, 7) is 3.92. The van der Waals surface area contributed by atoms with Crippen LogP contribution in [0.4, 0.5) is 4.39 Å². The average molecular weight is 232 g/mol. The van der Waals surface area contributed by atoms with Crippen LogP contribution in [-0.2, 0) is 0 Å². The molecule has 0 saturated heterocycles. The lowest BCUT2D eigenvalue weighted by Crippen LogP contribution is -2.11. The number of alkyl halides is 1. The molecular formula is C12H19ClFN. The smallest absolute Gasteiger partial charge is 0.0912 e. The molecule has 1 atom stereocenters. The predicted octanol–water partition coefficient (Wildman–Crippen LogP) is 3.59. The minimum Gasteiger partial charge on any atom is -0.324 e. The second-order valence-corrected chi connectivity index (χ2v) is 3.91. The number of hydrogen-bond donors (Lipinski definition) is 1. The van der Waals surface area contributed by atoms with E-state index >= 15 is 0 Å². The molecule has 86 valence electrons. The van der Waals surface area contributed by atoms with Crippen molar-refractivity contribution in [1.82, 2.24) is 0 Å². The lowest BCUT2D eigenvalue weighted by atomic mass is 9.97. The van der Waals surface area contributed by atoms with E-state index in [9.17, 15) is 4.39 Å². The van der Waals surface area contributed by atoms with Crippen molar-refractivity contribution in [2.24, 2.45) is 5.73 Å². The molecule has 0 radical (unpaired) electrons. The summed E-state index contributed by atoms with van der Waals surface area (Å²) in [6, 6.07) is 7.94. The second kappa shape index (κ2) is 6.81. The maximum atomic E-state index is 12.1. The molecule has 1 rings (SSSR count). The quantitative estimate of drug-likeness (QED) is 0.842. The van der Waals surface area contributed by atoms with Gasteiger partial charge < -0.3 is 5.73 Å². The van der Waals surface area contributed by atoms with Gasteiger partial charge in [0, 0.05) is 6.04 Å². The van der Waals surface area contributed by atoms with Crippen molar-refractivity contribution in [3.05, 3.63) is 35.4 Å². The molecule has 1 aromatic carbocycles. The summed E-state index contributed by atoms with van der Waals surface area (Å²) in [5.41, 5.74) is 8.13. The molecule has 1 aromatic rings. The van der Waals surface area contributed by atoms with Crippen molar-refractivity contribution < 1.29 is 4.39 Å². The minimum atomic E-state index is -0.354. The van der Waals surface area contributed by atoms with E-state index < -0.39 is 0 Å². The molecule has 0 spiro atoms. The molecule has 0 bridgehead atoms. The van der Waals surface area contributed by atoms with E-state index in [-0.39, 0.29) is 25.1 Å². The van der Waals surface area contributed by atoms with Crippen LogP contribution in [0.1, 0.15) is 43.4 Å². The van der Waals surface area contributed by atoms with Gasteiger partial charge >= 0.3 is 0 Å². The molecule has 2 N–H and O–H groups in total. The molecule has 3 heteroatoms. The van der Waals surface area contributed by atoms with Gasteiger partial charge in [-0.1, -0.05) is 38.1 Å². The molecule has 0 heterocycles. The van der Waals surface area contributed by atoms with Crippen molar-refractivity contribution in [2.75, 3.05) is 6.67 Å². The highest BCUT2D eigenvalue weighted by molar-refractivity contribution is 5.85. The summed E-state index contributed by atoms with van der Waals surface area (Å²) in [7, 11) is 0. The molecule has 1 nitrogen and oxygen atoms in total. The highest BCUT2D eigenvalue weighted by atomic mass is 35.5. The van der Waals surface area contributed by atoms with Gasteiger partial charge in [-0.15, -0.1) is 12.4 Å². The third-order valence-electron chi connectivity index (χ3n) is 2.43. The lowest BCUT2D eigenvalue weighted by molar-refractivity contribution is 0.441. The maximum Gasteiger partial charge on any atom is 0.0912 e. The van der Waals surface area contributed by atoms with E-state index in [4.69, 9.17) is 5.73 Å². The summed E-state index contributed by atoms with van der Waals surface area (Å²) in [5.74, 6) is 0.493. The van der Waals surface area contributed by atoms with Crippen molar-refractivity contribution in [3.8, 4) is 0 Å². The Labute approximate surface area is 97.3 Å². The monoisotopic (exact) mass is 231 g/mol. The zero-order valence-corrected chi connectivity index (χ0v) is 10.1. The average Bonchev–Trinajstić information content (AvgIpc) is 2.18. The summed E-state index contributed by atoms with van der Waals surface area (Å²) in [5, 5.41) is 0. The Bertz CT molecular complexity index is 289. The van der Waals surface area contributed by atoms with E-state index in [1.807, 2.05) is 12.1 Å². The number of rotatable bonds is 4. The predicted molar refractivity (Wildman–Crippen MR) is 65.3 cm³/mol. The summed E-state index contributed by atoms with van der Waals surface area (Å²) >= 11 is 0. The molecular weight excluding hydrogens is 213 g/mol. The van der Waals surface area contributed by atoms with E-state index in [0.717, 1.165) is 5.56 Å². The summed E-state index contributed by atoms with van der Waals surface area (Å²) in [4.78, 5) is 0. The Morgan fingerprint density at radius 3 is 2.40 bits per heavy atom. The van der Waals surface area contributed by atoms with Gasteiger partial charge in [0.15, 0.2) is 0 Å². The van der Waals surface area contributed by atoms with Gasteiger partial charge in [0.2, 0.25) is 0 Å². The van der Waals surface area contributed by atoms with Crippen LogP contribution < -0.4 is 5.73 Å². The van der Waals surface area contributed by atoms with Crippen LogP contribution in [0.5, 0.6) is 0 Å². The van der Waals surface area contributed by atoms with E-state index in [2.05, 4.69) is 26.0 Å². The largest absolute Gasteiger partial charge is 0.324 e. The van der Waals surface area contributed by atoms with Gasteiger partial charge in [0.05, 0.1) is 6.67 Å². The SMILES string of the molecule is CC(C)c1cccc([C@H](N)CCF)c1.Cl. The molecule has 0 aliphatic carbocycles. The van der Waals surface area contributed by atoms with Crippen LogP contribution in [0.3, 0.4) is 0 Å². The van der Waals surface area contributed by atoms with Crippen molar-refractivity contribution in [3.63, 3.8) is 0 Å². The third kappa shape index (κ3) is 4.18. The van der Waals surface area contributed by atoms with E-state index in [1.54, 1.807) is 0 Å². The van der Waals surface area contributed by atoms with Gasteiger partial charge in [-0.2, -0.15) is 0 Å². The third-order valence-corrected chi connectivity index (χ3v) is 2.43. The Balaban J connectivity index is 0.00000196. The fourth-order valence-corrected chi connectivity index (χ4v) is 1.43. The van der Waals surface area contributed by atoms with Crippen molar-refractivity contribution in [2.45, 2.75) is 32.2 Å². The standard InChI is InChI=1S/C12H18FN.ClH/c1-9(2)10-4-3-5-11(8-10)12(14)6-7-13;/h3-5,8-9,12H,6-7,14H2,1-2H3;1H/t12-;/m1./s1. The molecule has 0 aliphatic rings. The fourth-order valence-electron chi connectivity index (χ4n) is 1.43. The molecule has 0 aromatic heterocycles. The van der Waals surface area contributed by atoms with Crippen LogP contribution in [0.15, 0.2) is 24.3 Å². The first kappa shape index (κ1) is 14.4. The van der Waals surface area contributed by atoms with Crippen molar-refractivity contribution >= 4 is 12.4 Å². The van der Waals surface area contributed by atoms with Crippen LogP contribution in [0.2, 0.25) is 0 Å². The van der Waals surface area contributed by atoms with Crippen LogP contribution in [0.25, 0.3) is 0 Å². The highest BCUT2D eigenvalue weighted by Gasteiger charge is 2.07. The second-order valence-electron chi connectivity index (χ2n) is 3.91. The zero-order chi connectivity index (χ0) is 10.6. The number of benzene rings is 1. The van der Waals surface area contributed by atoms with Crippen LogP contribution >= 0.6 is 12.4 Å². The van der Waals surface area contributed by atoms with Gasteiger partial charge in [-0.3, -0.25) is 4.39 Å². The summed E-state index contributed by atoms with van der Waals surface area (Å²) < 4.78 is 12.1. The molecule has 0 fully saturated rings. The van der Waals surface area contributed by atoms with E-state index in [1.165, 1.54) is 5.56 Å².